The van der Waals surface area contributed by atoms with E-state index < -0.39 is 0 Å². The van der Waals surface area contributed by atoms with E-state index in [0.29, 0.717) is 11.3 Å². The van der Waals surface area contributed by atoms with E-state index >= 15 is 0 Å². The van der Waals surface area contributed by atoms with Crippen LogP contribution < -0.4 is 10.1 Å². The molecule has 1 aliphatic heterocycles. The van der Waals surface area contributed by atoms with Crippen LogP contribution in [0.1, 0.15) is 23.2 Å². The zero-order valence-electron chi connectivity index (χ0n) is 17.0. The predicted octanol–water partition coefficient (Wildman–Crippen LogP) is 4.78. The Kier molecular flexibility index (Phi) is 6.00. The summed E-state index contributed by atoms with van der Waals surface area (Å²) in [6, 6.07) is 22.0. The Morgan fingerprint density at radius 1 is 0.967 bits per heavy atom. The highest BCUT2D eigenvalue weighted by Gasteiger charge is 2.18. The molecular weight excluding hydrogens is 376 g/mol. The van der Waals surface area contributed by atoms with Gasteiger partial charge in [0.05, 0.1) is 0 Å². The van der Waals surface area contributed by atoms with Gasteiger partial charge in [-0.2, -0.15) is 0 Å². The van der Waals surface area contributed by atoms with Crippen molar-refractivity contribution < 1.29 is 14.6 Å². The Morgan fingerprint density at radius 3 is 2.37 bits per heavy atom. The molecule has 0 aromatic heterocycles. The van der Waals surface area contributed by atoms with E-state index in [4.69, 9.17) is 4.74 Å². The molecule has 5 heteroatoms. The molecule has 3 aromatic carbocycles. The third-order valence-corrected chi connectivity index (χ3v) is 5.39. The first kappa shape index (κ1) is 20.0. The number of aromatic hydroxyl groups is 1. The van der Waals surface area contributed by atoms with Crippen molar-refractivity contribution >= 4 is 11.6 Å². The molecule has 5 nitrogen and oxygen atoms in total. The third-order valence-electron chi connectivity index (χ3n) is 5.39. The van der Waals surface area contributed by atoms with Gasteiger partial charge in [0.15, 0.2) is 0 Å². The van der Waals surface area contributed by atoms with Crippen LogP contribution in [0.2, 0.25) is 0 Å². The molecular formula is C25H26N2O3. The summed E-state index contributed by atoms with van der Waals surface area (Å²) in [5.74, 6) is 0.794. The maximum Gasteiger partial charge on any atom is 0.255 e. The molecule has 1 saturated heterocycles. The number of ether oxygens (including phenoxy) is 1. The maximum atomic E-state index is 12.5. The minimum absolute atomic E-state index is 0.135. The van der Waals surface area contributed by atoms with Gasteiger partial charge in [-0.15, -0.1) is 0 Å². The molecule has 3 aromatic rings. The highest BCUT2D eigenvalue weighted by atomic mass is 16.5. The largest absolute Gasteiger partial charge is 0.508 e. The molecule has 30 heavy (non-hydrogen) atoms. The number of carbonyl (C=O) groups is 1. The number of amides is 1. The molecule has 1 aliphatic rings. The fourth-order valence-corrected chi connectivity index (χ4v) is 3.64. The Morgan fingerprint density at radius 2 is 1.63 bits per heavy atom. The minimum atomic E-state index is -0.216. The predicted molar refractivity (Wildman–Crippen MR) is 119 cm³/mol. The molecule has 154 valence electrons. The number of likely N-dealkylation sites (tertiary alicyclic amines) is 1. The highest BCUT2D eigenvalue weighted by Crippen LogP contribution is 2.28. The van der Waals surface area contributed by atoms with Gasteiger partial charge >= 0.3 is 0 Å². The van der Waals surface area contributed by atoms with Crippen molar-refractivity contribution in [2.24, 2.45) is 0 Å². The van der Waals surface area contributed by atoms with Crippen LogP contribution in [0.4, 0.5) is 5.69 Å². The summed E-state index contributed by atoms with van der Waals surface area (Å²) in [4.78, 5) is 14.8. The second kappa shape index (κ2) is 9.01. The molecule has 0 saturated carbocycles. The van der Waals surface area contributed by atoms with Gasteiger partial charge in [-0.05, 0) is 79.5 Å². The van der Waals surface area contributed by atoms with Gasteiger partial charge in [-0.25, -0.2) is 0 Å². The van der Waals surface area contributed by atoms with E-state index in [0.717, 1.165) is 42.8 Å². The molecule has 0 bridgehead atoms. The van der Waals surface area contributed by atoms with E-state index in [1.54, 1.807) is 12.1 Å². The zero-order valence-corrected chi connectivity index (χ0v) is 17.0. The summed E-state index contributed by atoms with van der Waals surface area (Å²) in [5, 5.41) is 12.3. The zero-order chi connectivity index (χ0) is 20.9. The Labute approximate surface area is 176 Å². The number of hydrogen-bond acceptors (Lipinski definition) is 4. The molecule has 0 atom stereocenters. The summed E-state index contributed by atoms with van der Waals surface area (Å²) in [5.41, 5.74) is 3.26. The van der Waals surface area contributed by atoms with Crippen LogP contribution in [-0.4, -0.2) is 42.2 Å². The van der Waals surface area contributed by atoms with E-state index in [2.05, 4.69) is 23.3 Å². The van der Waals surface area contributed by atoms with Crippen molar-refractivity contribution in [3.8, 4) is 22.6 Å². The lowest BCUT2D eigenvalue weighted by atomic mass is 10.0. The van der Waals surface area contributed by atoms with Gasteiger partial charge in [-0.1, -0.05) is 24.3 Å². The van der Waals surface area contributed by atoms with Gasteiger partial charge in [0.25, 0.3) is 5.91 Å². The van der Waals surface area contributed by atoms with Crippen LogP contribution in [0, 0.1) is 0 Å². The molecule has 2 N–H and O–H groups in total. The first-order valence-corrected chi connectivity index (χ1v) is 10.2. The van der Waals surface area contributed by atoms with Crippen molar-refractivity contribution in [2.75, 3.05) is 25.5 Å². The van der Waals surface area contributed by atoms with Crippen molar-refractivity contribution in [3.63, 3.8) is 0 Å². The van der Waals surface area contributed by atoms with Crippen molar-refractivity contribution in [3.05, 3.63) is 78.4 Å². The number of nitrogens with one attached hydrogen (secondary N) is 1. The lowest BCUT2D eigenvalue weighted by Gasteiger charge is -2.29. The van der Waals surface area contributed by atoms with Crippen molar-refractivity contribution in [1.82, 2.24) is 4.90 Å². The van der Waals surface area contributed by atoms with Crippen LogP contribution in [0.25, 0.3) is 11.1 Å². The van der Waals surface area contributed by atoms with E-state index in [1.165, 1.54) is 12.1 Å². The average Bonchev–Trinajstić information content (AvgIpc) is 2.76. The van der Waals surface area contributed by atoms with Crippen molar-refractivity contribution in [1.29, 1.82) is 0 Å². The number of rotatable bonds is 5. The molecule has 4 rings (SSSR count). The van der Waals surface area contributed by atoms with Crippen LogP contribution >= 0.6 is 0 Å². The Balaban J connectivity index is 1.47. The monoisotopic (exact) mass is 402 g/mol. The summed E-state index contributed by atoms with van der Waals surface area (Å²) in [6.45, 7) is 2.13. The van der Waals surface area contributed by atoms with Gasteiger partial charge < -0.3 is 20.1 Å². The first-order valence-electron chi connectivity index (χ1n) is 10.2. The Bertz CT molecular complexity index is 1010. The number of piperidine rings is 1. The second-order valence-electron chi connectivity index (χ2n) is 7.73. The summed E-state index contributed by atoms with van der Waals surface area (Å²) in [6.07, 6.45) is 2.34. The number of carbonyl (C=O) groups excluding carboxylic acids is 1. The lowest BCUT2D eigenvalue weighted by molar-refractivity contribution is 0.102. The fourth-order valence-electron chi connectivity index (χ4n) is 3.64. The number of anilines is 1. The average molecular weight is 402 g/mol. The number of benzene rings is 3. The van der Waals surface area contributed by atoms with E-state index in [1.807, 2.05) is 42.5 Å². The summed E-state index contributed by atoms with van der Waals surface area (Å²) in [7, 11) is 2.14. The SMILES string of the molecule is CN1CCC(Oc2cccc(-c3cccc(NC(=O)c4ccc(O)cc4)c3)c2)CC1. The highest BCUT2D eigenvalue weighted by molar-refractivity contribution is 6.04. The lowest BCUT2D eigenvalue weighted by Crippen LogP contribution is -2.35. The third kappa shape index (κ3) is 4.99. The smallest absolute Gasteiger partial charge is 0.255 e. The van der Waals surface area contributed by atoms with Gasteiger partial charge in [0.2, 0.25) is 0 Å². The van der Waals surface area contributed by atoms with Gasteiger partial charge in [-0.3, -0.25) is 4.79 Å². The Hall–Kier alpha value is -3.31. The van der Waals surface area contributed by atoms with E-state index in [9.17, 15) is 9.90 Å². The van der Waals surface area contributed by atoms with Crippen LogP contribution in [0.15, 0.2) is 72.8 Å². The number of phenolic OH excluding ortho intramolecular Hbond substituents is 1. The maximum absolute atomic E-state index is 12.5. The standard InChI is InChI=1S/C25H26N2O3/c1-27-14-12-23(13-15-27)30-24-7-3-5-20(17-24)19-4-2-6-21(16-19)26-25(29)18-8-10-22(28)11-9-18/h2-11,16-17,23,28H,12-15H2,1H3,(H,26,29). The van der Waals surface area contributed by atoms with Gasteiger partial charge in [0, 0.05) is 24.3 Å². The quantitative estimate of drug-likeness (QED) is 0.644. The number of phenols is 1. The molecule has 0 aliphatic carbocycles. The van der Waals surface area contributed by atoms with E-state index in [-0.39, 0.29) is 17.8 Å². The number of hydrogen-bond donors (Lipinski definition) is 2. The number of nitrogens with zero attached hydrogens (tertiary/aromatic N) is 1. The van der Waals surface area contributed by atoms with Crippen LogP contribution in [-0.2, 0) is 0 Å². The van der Waals surface area contributed by atoms with Crippen molar-refractivity contribution in [2.45, 2.75) is 18.9 Å². The normalized spacial score (nSPS) is 15.0. The van der Waals surface area contributed by atoms with Crippen LogP contribution in [0.3, 0.4) is 0 Å². The molecule has 0 unspecified atom stereocenters. The molecule has 0 spiro atoms. The molecule has 1 fully saturated rings. The minimum Gasteiger partial charge on any atom is -0.508 e. The first-order chi connectivity index (χ1) is 14.6. The topological polar surface area (TPSA) is 61.8 Å². The van der Waals surface area contributed by atoms with Crippen LogP contribution in [0.5, 0.6) is 11.5 Å². The molecule has 1 amide bonds. The van der Waals surface area contributed by atoms with Gasteiger partial charge in [0.1, 0.15) is 17.6 Å². The molecule has 0 radical (unpaired) electrons. The summed E-state index contributed by atoms with van der Waals surface area (Å²) >= 11 is 0. The summed E-state index contributed by atoms with van der Waals surface area (Å²) < 4.78 is 6.21. The fraction of sp³-hybridized carbons (Fsp3) is 0.240. The molecule has 1 heterocycles. The second-order valence-corrected chi connectivity index (χ2v) is 7.73.